The van der Waals surface area contributed by atoms with Crippen LogP contribution in [0.3, 0.4) is 0 Å². The standard InChI is InChI=1S/C36H56N8O8/c1-13(2)21-33-41-26(17(9)49-33)30(46)38-23(15(5)6)35-43-28(19(11)51-35)32(48)40-24(16(7)8)36-44-27(20(12)52-36)31(47)39-22(14(3)4)34-42-25(18(10)50-34)29(45)37-21/h13-28H,1-12H3,(H,37,45)(H,38,46)(H,39,47)(H,40,48)/t17?,18?,19?,20?,21-,22-,23-,24-,25-,26-,27-,28-/m0/s1. The third-order valence-electron chi connectivity index (χ3n) is 10.1. The van der Waals surface area contributed by atoms with E-state index >= 15 is 0 Å². The van der Waals surface area contributed by atoms with Crippen LogP contribution in [0.1, 0.15) is 83.1 Å². The molecule has 0 saturated heterocycles. The molecule has 0 radical (unpaired) electrons. The minimum absolute atomic E-state index is 0.148. The zero-order valence-electron chi connectivity index (χ0n) is 32.3. The van der Waals surface area contributed by atoms with E-state index in [9.17, 15) is 19.2 Å². The molecule has 16 nitrogen and oxygen atoms in total. The molecule has 5 heterocycles. The van der Waals surface area contributed by atoms with Crippen LogP contribution in [-0.4, -0.2) is 120 Å². The fourth-order valence-corrected chi connectivity index (χ4v) is 6.82. The largest absolute Gasteiger partial charge is 0.474 e. The van der Waals surface area contributed by atoms with E-state index in [1.807, 2.05) is 55.4 Å². The number of rotatable bonds is 4. The van der Waals surface area contributed by atoms with E-state index in [1.54, 1.807) is 27.7 Å². The molecule has 8 bridgehead atoms. The summed E-state index contributed by atoms with van der Waals surface area (Å²) in [5.41, 5.74) is 0. The first-order valence-corrected chi connectivity index (χ1v) is 18.6. The minimum atomic E-state index is -0.905. The van der Waals surface area contributed by atoms with Gasteiger partial charge in [0.1, 0.15) is 48.6 Å². The Morgan fingerprint density at radius 3 is 0.712 bits per heavy atom. The van der Waals surface area contributed by atoms with Crippen molar-refractivity contribution in [3.05, 3.63) is 0 Å². The number of ether oxygens (including phenoxy) is 4. The van der Waals surface area contributed by atoms with Crippen LogP contribution in [0.5, 0.6) is 0 Å². The second-order valence-corrected chi connectivity index (χ2v) is 15.9. The summed E-state index contributed by atoms with van der Waals surface area (Å²) >= 11 is 0. The summed E-state index contributed by atoms with van der Waals surface area (Å²) in [6.07, 6.45) is -2.48. The molecular formula is C36H56N8O8. The first kappa shape index (κ1) is 39.0. The Labute approximate surface area is 305 Å². The van der Waals surface area contributed by atoms with Gasteiger partial charge in [-0.15, -0.1) is 0 Å². The normalized spacial score (nSPS) is 37.1. The van der Waals surface area contributed by atoms with Crippen molar-refractivity contribution >= 4 is 47.2 Å². The Bertz CT molecular complexity index is 1320. The van der Waals surface area contributed by atoms with Gasteiger partial charge in [-0.2, -0.15) is 0 Å². The first-order chi connectivity index (χ1) is 24.4. The molecule has 0 aromatic carbocycles. The maximum atomic E-state index is 13.8. The molecule has 0 aromatic heterocycles. The lowest BCUT2D eigenvalue weighted by Crippen LogP contribution is -2.50. The molecule has 288 valence electrons. The SMILES string of the molecule is CC1OC2=N[C@@H]1C(=O)N[C@@H](C(C)C)C1=N[C@H](C(=O)N[C@@H](C(C)C)C3=N[C@H](C(=O)N[C@@H](C(C)C)C4=N[C@H](C(=O)N[C@H]2C(C)C)C(C)O4)C(C)O3)C(C)O1. The van der Waals surface area contributed by atoms with Crippen molar-refractivity contribution in [3.8, 4) is 0 Å². The average Bonchev–Trinajstić information content (AvgIpc) is 3.83. The smallest absolute Gasteiger partial charge is 0.249 e. The Morgan fingerprint density at radius 2 is 0.558 bits per heavy atom. The maximum absolute atomic E-state index is 13.8. The highest BCUT2D eigenvalue weighted by molar-refractivity contribution is 6.00. The van der Waals surface area contributed by atoms with Gasteiger partial charge in [0.15, 0.2) is 24.2 Å². The molecule has 4 N–H and O–H groups in total. The number of hydrogen-bond acceptors (Lipinski definition) is 12. The van der Waals surface area contributed by atoms with Gasteiger partial charge in [0, 0.05) is 0 Å². The summed E-state index contributed by atoms with van der Waals surface area (Å²) < 4.78 is 24.4. The molecule has 0 saturated carbocycles. The highest BCUT2D eigenvalue weighted by atomic mass is 16.5. The van der Waals surface area contributed by atoms with Gasteiger partial charge in [-0.1, -0.05) is 55.4 Å². The highest BCUT2D eigenvalue weighted by Crippen LogP contribution is 2.26. The average molecular weight is 729 g/mol. The second kappa shape index (κ2) is 15.4. The monoisotopic (exact) mass is 728 g/mol. The highest BCUT2D eigenvalue weighted by Gasteiger charge is 2.46. The van der Waals surface area contributed by atoms with Gasteiger partial charge >= 0.3 is 0 Å². The van der Waals surface area contributed by atoms with Gasteiger partial charge < -0.3 is 40.2 Å². The van der Waals surface area contributed by atoms with Crippen LogP contribution in [0, 0.1) is 23.7 Å². The summed E-state index contributed by atoms with van der Waals surface area (Å²) in [4.78, 5) is 73.7. The maximum Gasteiger partial charge on any atom is 0.249 e. The lowest BCUT2D eigenvalue weighted by atomic mass is 10.0. The van der Waals surface area contributed by atoms with Crippen LogP contribution in [0.15, 0.2) is 20.0 Å². The predicted octanol–water partition coefficient (Wildman–Crippen LogP) is 1.31. The Balaban J connectivity index is 1.53. The van der Waals surface area contributed by atoms with E-state index in [1.165, 1.54) is 0 Å². The molecule has 5 rings (SSSR count). The molecule has 5 aliphatic heterocycles. The van der Waals surface area contributed by atoms with E-state index in [4.69, 9.17) is 18.9 Å². The fraction of sp³-hybridized carbons (Fsp3) is 0.778. The Kier molecular flexibility index (Phi) is 11.5. The van der Waals surface area contributed by atoms with Crippen molar-refractivity contribution in [2.45, 2.75) is 156 Å². The van der Waals surface area contributed by atoms with E-state index in [2.05, 4.69) is 41.2 Å². The Hall–Kier alpha value is -4.24. The van der Waals surface area contributed by atoms with Gasteiger partial charge in [-0.05, 0) is 51.4 Å². The summed E-state index contributed by atoms with van der Waals surface area (Å²) in [7, 11) is 0. The molecule has 16 heteroatoms. The van der Waals surface area contributed by atoms with Crippen molar-refractivity contribution in [3.63, 3.8) is 0 Å². The van der Waals surface area contributed by atoms with E-state index in [-0.39, 0.29) is 47.3 Å². The molecule has 5 aliphatic rings. The van der Waals surface area contributed by atoms with Gasteiger partial charge in [0.05, 0.1) is 0 Å². The third kappa shape index (κ3) is 7.89. The molecule has 4 amide bonds. The molecule has 12 atom stereocenters. The summed E-state index contributed by atoms with van der Waals surface area (Å²) in [5, 5.41) is 12.1. The van der Waals surface area contributed by atoms with E-state index < -0.39 is 96.4 Å². The number of nitrogens with one attached hydrogen (secondary N) is 4. The van der Waals surface area contributed by atoms with Crippen molar-refractivity contribution in [1.29, 1.82) is 0 Å². The summed E-state index contributed by atoms with van der Waals surface area (Å²) in [6.45, 7) is 22.3. The van der Waals surface area contributed by atoms with E-state index in [0.717, 1.165) is 0 Å². The number of carbonyl (C=O) groups is 4. The fourth-order valence-electron chi connectivity index (χ4n) is 6.82. The molecule has 0 aliphatic carbocycles. The van der Waals surface area contributed by atoms with Crippen LogP contribution in [0.2, 0.25) is 0 Å². The van der Waals surface area contributed by atoms with Crippen molar-refractivity contribution < 1.29 is 38.1 Å². The number of hydrogen-bond donors (Lipinski definition) is 4. The van der Waals surface area contributed by atoms with Gasteiger partial charge in [-0.25, -0.2) is 20.0 Å². The molecule has 0 spiro atoms. The summed E-state index contributed by atoms with van der Waals surface area (Å²) in [6, 6.07) is -6.23. The van der Waals surface area contributed by atoms with Crippen molar-refractivity contribution in [2.75, 3.05) is 0 Å². The lowest BCUT2D eigenvalue weighted by Gasteiger charge is -2.25. The lowest BCUT2D eigenvalue weighted by molar-refractivity contribution is -0.125. The molecule has 0 fully saturated rings. The number of nitrogens with zero attached hydrogens (tertiary/aromatic N) is 4. The van der Waals surface area contributed by atoms with Crippen LogP contribution in [-0.2, 0) is 38.1 Å². The minimum Gasteiger partial charge on any atom is -0.474 e. The van der Waals surface area contributed by atoms with Crippen LogP contribution < -0.4 is 21.3 Å². The van der Waals surface area contributed by atoms with Gasteiger partial charge in [0.25, 0.3) is 0 Å². The van der Waals surface area contributed by atoms with Crippen molar-refractivity contribution in [2.24, 2.45) is 43.6 Å². The number of aliphatic imine (C=N–C) groups is 4. The summed E-state index contributed by atoms with van der Waals surface area (Å²) in [5.74, 6) is -1.23. The number of amides is 4. The van der Waals surface area contributed by atoms with Gasteiger partial charge in [0.2, 0.25) is 47.2 Å². The van der Waals surface area contributed by atoms with Crippen LogP contribution >= 0.6 is 0 Å². The van der Waals surface area contributed by atoms with Gasteiger partial charge in [-0.3, -0.25) is 19.2 Å². The molecular weight excluding hydrogens is 672 g/mol. The topological polar surface area (TPSA) is 203 Å². The molecule has 0 aromatic rings. The quantitative estimate of drug-likeness (QED) is 0.332. The van der Waals surface area contributed by atoms with E-state index in [0.29, 0.717) is 0 Å². The molecule has 4 unspecified atom stereocenters. The second-order valence-electron chi connectivity index (χ2n) is 15.9. The zero-order chi connectivity index (χ0) is 38.3. The Morgan fingerprint density at radius 1 is 0.385 bits per heavy atom. The van der Waals surface area contributed by atoms with Crippen molar-refractivity contribution in [1.82, 2.24) is 21.3 Å². The van der Waals surface area contributed by atoms with Crippen LogP contribution in [0.25, 0.3) is 0 Å². The third-order valence-corrected chi connectivity index (χ3v) is 10.1. The number of fused-ring (bicyclic) bond motifs is 4. The first-order valence-electron chi connectivity index (χ1n) is 18.6. The number of carbonyl (C=O) groups excluding carboxylic acids is 4. The zero-order valence-corrected chi connectivity index (χ0v) is 32.3. The molecule has 52 heavy (non-hydrogen) atoms. The van der Waals surface area contributed by atoms with Crippen LogP contribution in [0.4, 0.5) is 0 Å². The predicted molar refractivity (Wildman–Crippen MR) is 194 cm³/mol.